The Balaban J connectivity index is 2.31. The molecule has 1 rings (SSSR count). The summed E-state index contributed by atoms with van der Waals surface area (Å²) in [6.07, 6.45) is 2.45. The predicted octanol–water partition coefficient (Wildman–Crippen LogP) is 0.717. The van der Waals surface area contributed by atoms with Gasteiger partial charge < -0.3 is 4.48 Å². The summed E-state index contributed by atoms with van der Waals surface area (Å²) in [6.45, 7) is 6.44. The van der Waals surface area contributed by atoms with Crippen molar-refractivity contribution in [3.63, 3.8) is 0 Å². The molecular weight excluding hydrogens is 202 g/mol. The number of likely N-dealkylation sites (tertiary alicyclic amines) is 1. The lowest BCUT2D eigenvalue weighted by atomic mass is 10.4. The fourth-order valence-electron chi connectivity index (χ4n) is 1.74. The maximum Gasteiger partial charge on any atom is 0.289 e. The van der Waals surface area contributed by atoms with E-state index in [1.165, 1.54) is 12.8 Å². The van der Waals surface area contributed by atoms with Gasteiger partial charge in [-0.05, 0) is 0 Å². The number of hydrogen-bond acceptors (Lipinski definition) is 3. The maximum absolute atomic E-state index is 10.9. The smallest absolute Gasteiger partial charge is 0.289 e. The summed E-state index contributed by atoms with van der Waals surface area (Å²) in [5, 5.41) is 0.844. The summed E-state index contributed by atoms with van der Waals surface area (Å²) in [5.74, 6) is 0. The summed E-state index contributed by atoms with van der Waals surface area (Å²) in [7, 11) is -1.35. The van der Waals surface area contributed by atoms with Crippen LogP contribution in [-0.4, -0.2) is 46.2 Å². The Labute approximate surface area is 85.9 Å². The van der Waals surface area contributed by atoms with Crippen LogP contribution in [0, 0.1) is 0 Å². The third-order valence-corrected chi connectivity index (χ3v) is 3.63. The second-order valence-corrected chi connectivity index (χ2v) is 5.53. The van der Waals surface area contributed by atoms with Crippen molar-refractivity contribution in [3.8, 4) is 0 Å². The molecule has 0 N–H and O–H groups in total. The first kappa shape index (κ1) is 11.7. The van der Waals surface area contributed by atoms with Crippen molar-refractivity contribution in [2.24, 2.45) is 0 Å². The van der Waals surface area contributed by atoms with Gasteiger partial charge in [0, 0.05) is 12.8 Å². The van der Waals surface area contributed by atoms with Gasteiger partial charge in [-0.15, -0.1) is 0 Å². The van der Waals surface area contributed by atoms with Gasteiger partial charge in [-0.1, -0.05) is 6.58 Å². The fraction of sp³-hybridized carbons (Fsp3) is 0.778. The lowest BCUT2D eigenvalue weighted by Crippen LogP contribution is -2.43. The summed E-state index contributed by atoms with van der Waals surface area (Å²) < 4.78 is 27.5. The molecule has 0 spiro atoms. The summed E-state index contributed by atoms with van der Waals surface area (Å²) in [6, 6.07) is 0. The third kappa shape index (κ3) is 3.40. The molecular formula is C9H18NO3S+. The zero-order chi connectivity index (χ0) is 10.7. The van der Waals surface area contributed by atoms with E-state index in [4.69, 9.17) is 4.18 Å². The average molecular weight is 220 g/mol. The molecule has 0 unspecified atom stereocenters. The standard InChI is InChI=1S/C9H18NO3S/c1-3-14(11,12)13-9-8-10(2)6-4-5-7-10/h3H,1,4-9H2,2H3/q+1. The van der Waals surface area contributed by atoms with E-state index in [0.717, 1.165) is 29.5 Å². The minimum Gasteiger partial charge on any atom is -0.324 e. The Morgan fingerprint density at radius 3 is 2.50 bits per heavy atom. The van der Waals surface area contributed by atoms with Crippen molar-refractivity contribution in [3.05, 3.63) is 12.0 Å². The quantitative estimate of drug-likeness (QED) is 0.506. The van der Waals surface area contributed by atoms with Crippen LogP contribution in [0.15, 0.2) is 12.0 Å². The van der Waals surface area contributed by atoms with Gasteiger partial charge in [0.05, 0.1) is 25.5 Å². The molecule has 1 heterocycles. The minimum atomic E-state index is -3.48. The predicted molar refractivity (Wildman–Crippen MR) is 55.1 cm³/mol. The van der Waals surface area contributed by atoms with Crippen LogP contribution in [0.3, 0.4) is 0 Å². The second-order valence-electron chi connectivity index (χ2n) is 3.98. The lowest BCUT2D eigenvalue weighted by Gasteiger charge is -2.28. The molecule has 0 amide bonds. The average Bonchev–Trinajstić information content (AvgIpc) is 2.52. The molecule has 4 nitrogen and oxygen atoms in total. The highest BCUT2D eigenvalue weighted by atomic mass is 32.2. The number of likely N-dealkylation sites (N-methyl/N-ethyl adjacent to an activating group) is 1. The van der Waals surface area contributed by atoms with Crippen LogP contribution in [0.25, 0.3) is 0 Å². The number of hydrogen-bond donors (Lipinski definition) is 0. The molecule has 1 saturated heterocycles. The molecule has 0 bridgehead atoms. The number of nitrogens with zero attached hydrogens (tertiary/aromatic N) is 1. The van der Waals surface area contributed by atoms with Gasteiger partial charge in [0.25, 0.3) is 10.1 Å². The van der Waals surface area contributed by atoms with E-state index < -0.39 is 10.1 Å². The molecule has 14 heavy (non-hydrogen) atoms. The van der Waals surface area contributed by atoms with Crippen molar-refractivity contribution in [2.45, 2.75) is 12.8 Å². The molecule has 0 aromatic carbocycles. The Kier molecular flexibility index (Phi) is 3.69. The first-order valence-electron chi connectivity index (χ1n) is 4.83. The van der Waals surface area contributed by atoms with E-state index in [0.29, 0.717) is 0 Å². The molecule has 0 aromatic heterocycles. The van der Waals surface area contributed by atoms with E-state index in [9.17, 15) is 8.42 Å². The van der Waals surface area contributed by atoms with Crippen molar-refractivity contribution in [1.29, 1.82) is 0 Å². The van der Waals surface area contributed by atoms with Crippen molar-refractivity contribution in [2.75, 3.05) is 33.3 Å². The molecule has 1 aliphatic heterocycles. The van der Waals surface area contributed by atoms with E-state index in [-0.39, 0.29) is 6.61 Å². The largest absolute Gasteiger partial charge is 0.324 e. The molecule has 0 aromatic rings. The zero-order valence-corrected chi connectivity index (χ0v) is 9.42. The Hall–Kier alpha value is -0.390. The van der Waals surface area contributed by atoms with Gasteiger partial charge >= 0.3 is 0 Å². The van der Waals surface area contributed by atoms with Gasteiger partial charge in [0.15, 0.2) is 0 Å². The second kappa shape index (κ2) is 4.42. The first-order valence-corrected chi connectivity index (χ1v) is 6.30. The van der Waals surface area contributed by atoms with Gasteiger partial charge in [0.2, 0.25) is 0 Å². The topological polar surface area (TPSA) is 43.4 Å². The summed E-state index contributed by atoms with van der Waals surface area (Å²) >= 11 is 0. The normalized spacial score (nSPS) is 20.9. The lowest BCUT2D eigenvalue weighted by molar-refractivity contribution is -0.897. The van der Waals surface area contributed by atoms with E-state index in [2.05, 4.69) is 13.6 Å². The first-order chi connectivity index (χ1) is 6.47. The third-order valence-electron chi connectivity index (χ3n) is 2.73. The van der Waals surface area contributed by atoms with Gasteiger partial charge in [0.1, 0.15) is 13.2 Å². The van der Waals surface area contributed by atoms with Crippen molar-refractivity contribution in [1.82, 2.24) is 0 Å². The highest BCUT2D eigenvalue weighted by Gasteiger charge is 2.26. The van der Waals surface area contributed by atoms with Crippen LogP contribution >= 0.6 is 0 Å². The molecule has 1 fully saturated rings. The Morgan fingerprint density at radius 2 is 2.00 bits per heavy atom. The number of quaternary nitrogens is 1. The van der Waals surface area contributed by atoms with Gasteiger partial charge in [-0.2, -0.15) is 8.42 Å². The van der Waals surface area contributed by atoms with Gasteiger partial charge in [-0.3, -0.25) is 4.18 Å². The van der Waals surface area contributed by atoms with Crippen molar-refractivity contribution >= 4 is 10.1 Å². The van der Waals surface area contributed by atoms with Crippen LogP contribution in [0.4, 0.5) is 0 Å². The molecule has 82 valence electrons. The molecule has 0 aliphatic carbocycles. The van der Waals surface area contributed by atoms with Crippen LogP contribution in [-0.2, 0) is 14.3 Å². The van der Waals surface area contributed by atoms with E-state index in [1.54, 1.807) is 0 Å². The van der Waals surface area contributed by atoms with E-state index >= 15 is 0 Å². The van der Waals surface area contributed by atoms with Gasteiger partial charge in [-0.25, -0.2) is 0 Å². The highest BCUT2D eigenvalue weighted by molar-refractivity contribution is 7.89. The molecule has 0 radical (unpaired) electrons. The maximum atomic E-state index is 10.9. The Bertz CT molecular complexity index is 291. The summed E-state index contributed by atoms with van der Waals surface area (Å²) in [5.41, 5.74) is 0. The minimum absolute atomic E-state index is 0.255. The molecule has 1 aliphatic rings. The monoisotopic (exact) mass is 220 g/mol. The highest BCUT2D eigenvalue weighted by Crippen LogP contribution is 2.15. The van der Waals surface area contributed by atoms with Crippen molar-refractivity contribution < 1.29 is 17.1 Å². The van der Waals surface area contributed by atoms with Crippen LogP contribution < -0.4 is 0 Å². The molecule has 0 atom stereocenters. The fourth-order valence-corrected chi connectivity index (χ4v) is 2.15. The number of rotatable bonds is 5. The van der Waals surface area contributed by atoms with Crippen LogP contribution in [0.2, 0.25) is 0 Å². The summed E-state index contributed by atoms with van der Waals surface area (Å²) in [4.78, 5) is 0. The van der Waals surface area contributed by atoms with Crippen LogP contribution in [0.5, 0.6) is 0 Å². The van der Waals surface area contributed by atoms with E-state index in [1.807, 2.05) is 0 Å². The Morgan fingerprint density at radius 1 is 1.43 bits per heavy atom. The van der Waals surface area contributed by atoms with Crippen LogP contribution in [0.1, 0.15) is 12.8 Å². The SMILES string of the molecule is C=CS(=O)(=O)OCC[N+]1(C)CCCC1. The molecule has 5 heteroatoms. The zero-order valence-electron chi connectivity index (χ0n) is 8.61. The molecule has 0 saturated carbocycles.